The molecule has 1 amide bonds. The third-order valence-corrected chi connectivity index (χ3v) is 3.74. The number of carbonyl (C=O) groups is 3. The van der Waals surface area contributed by atoms with E-state index >= 15 is 0 Å². The van der Waals surface area contributed by atoms with Gasteiger partial charge in [0.2, 0.25) is 0 Å². The van der Waals surface area contributed by atoms with Crippen molar-refractivity contribution in [3.8, 4) is 0 Å². The smallest absolute Gasteiger partial charge is 0.411 e. The number of amides is 1. The van der Waals surface area contributed by atoms with Gasteiger partial charge in [0.1, 0.15) is 17.7 Å². The summed E-state index contributed by atoms with van der Waals surface area (Å²) in [5.41, 5.74) is -1.21. The lowest BCUT2D eigenvalue weighted by molar-refractivity contribution is -0.156. The number of hydrogen-bond donors (Lipinski definition) is 0. The fourth-order valence-corrected chi connectivity index (χ4v) is 2.53. The van der Waals surface area contributed by atoms with E-state index in [1.165, 1.54) is 6.92 Å². The molecule has 1 heterocycles. The first-order valence-electron chi connectivity index (χ1n) is 7.85. The number of Topliss-reactive ketones (excluding diaryl/α,β-unsaturated/α-hetero) is 1. The maximum Gasteiger partial charge on any atom is 0.411 e. The standard InChI is InChI=1S/C18H23NO5/c1-17(2,3)24-16(22)19-11-14(20)10-18(19,4)15(21)23-12-13-8-6-5-7-9-13/h5-9H,10-12H2,1-4H3. The first kappa shape index (κ1) is 18.0. The highest BCUT2D eigenvalue weighted by Crippen LogP contribution is 2.30. The number of ether oxygens (including phenoxy) is 2. The van der Waals surface area contributed by atoms with Gasteiger partial charge in [-0.1, -0.05) is 30.3 Å². The van der Waals surface area contributed by atoms with Gasteiger partial charge in [0.25, 0.3) is 0 Å². The van der Waals surface area contributed by atoms with Gasteiger partial charge in [0.05, 0.1) is 6.54 Å². The number of carbonyl (C=O) groups excluding carboxylic acids is 3. The summed E-state index contributed by atoms with van der Waals surface area (Å²) in [6, 6.07) is 9.22. The number of ketones is 1. The summed E-state index contributed by atoms with van der Waals surface area (Å²) in [5.74, 6) is -0.803. The SMILES string of the molecule is CC(C)(C)OC(=O)N1CC(=O)CC1(C)C(=O)OCc1ccccc1. The largest absolute Gasteiger partial charge is 0.459 e. The molecule has 1 aliphatic rings. The Morgan fingerprint density at radius 3 is 2.42 bits per heavy atom. The summed E-state index contributed by atoms with van der Waals surface area (Å²) >= 11 is 0. The van der Waals surface area contributed by atoms with E-state index < -0.39 is 23.2 Å². The molecule has 6 nitrogen and oxygen atoms in total. The van der Waals surface area contributed by atoms with Crippen LogP contribution in [-0.2, 0) is 25.7 Å². The number of hydrogen-bond acceptors (Lipinski definition) is 5. The highest BCUT2D eigenvalue weighted by atomic mass is 16.6. The van der Waals surface area contributed by atoms with Crippen LogP contribution in [0, 0.1) is 0 Å². The molecule has 6 heteroatoms. The lowest BCUT2D eigenvalue weighted by Crippen LogP contribution is -2.52. The molecule has 0 spiro atoms. The Kier molecular flexibility index (Phi) is 4.96. The van der Waals surface area contributed by atoms with Gasteiger partial charge >= 0.3 is 12.1 Å². The highest BCUT2D eigenvalue weighted by Gasteiger charge is 2.52. The van der Waals surface area contributed by atoms with E-state index in [0.29, 0.717) is 0 Å². The van der Waals surface area contributed by atoms with Crippen LogP contribution in [0.25, 0.3) is 0 Å². The summed E-state index contributed by atoms with van der Waals surface area (Å²) in [4.78, 5) is 37.9. The Hall–Kier alpha value is -2.37. The van der Waals surface area contributed by atoms with Crippen molar-refractivity contribution in [1.29, 1.82) is 0 Å². The molecule has 0 radical (unpaired) electrons. The van der Waals surface area contributed by atoms with Gasteiger partial charge in [-0.25, -0.2) is 9.59 Å². The van der Waals surface area contributed by atoms with E-state index in [-0.39, 0.29) is 25.4 Å². The van der Waals surface area contributed by atoms with Crippen LogP contribution < -0.4 is 0 Å². The van der Waals surface area contributed by atoms with Crippen LogP contribution in [0.4, 0.5) is 4.79 Å². The third-order valence-electron chi connectivity index (χ3n) is 3.74. The third kappa shape index (κ3) is 4.13. The normalized spacial score (nSPS) is 20.8. The minimum absolute atomic E-state index is 0.0696. The second-order valence-electron chi connectivity index (χ2n) is 7.12. The molecule has 1 saturated heterocycles. The Balaban J connectivity index is 2.10. The molecule has 2 rings (SSSR count). The lowest BCUT2D eigenvalue weighted by atomic mass is 9.99. The van der Waals surface area contributed by atoms with E-state index in [0.717, 1.165) is 10.5 Å². The predicted molar refractivity (Wildman–Crippen MR) is 87.2 cm³/mol. The van der Waals surface area contributed by atoms with Gasteiger partial charge in [-0.05, 0) is 33.3 Å². The average Bonchev–Trinajstić information content (AvgIpc) is 2.80. The average molecular weight is 333 g/mol. The number of esters is 1. The van der Waals surface area contributed by atoms with Crippen LogP contribution in [0.2, 0.25) is 0 Å². The minimum atomic E-state index is -1.34. The quantitative estimate of drug-likeness (QED) is 0.795. The van der Waals surface area contributed by atoms with Gasteiger partial charge < -0.3 is 9.47 Å². The fraction of sp³-hybridized carbons (Fsp3) is 0.500. The van der Waals surface area contributed by atoms with Crippen LogP contribution in [0.1, 0.15) is 39.7 Å². The summed E-state index contributed by atoms with van der Waals surface area (Å²) in [7, 11) is 0. The van der Waals surface area contributed by atoms with Gasteiger partial charge in [-0.2, -0.15) is 0 Å². The maximum absolute atomic E-state index is 12.5. The second kappa shape index (κ2) is 6.63. The molecule has 1 aromatic carbocycles. The van der Waals surface area contributed by atoms with E-state index in [2.05, 4.69) is 0 Å². The number of rotatable bonds is 3. The van der Waals surface area contributed by atoms with Gasteiger partial charge in [-0.3, -0.25) is 9.69 Å². The molecule has 130 valence electrons. The van der Waals surface area contributed by atoms with Gasteiger partial charge in [0, 0.05) is 6.42 Å². The molecule has 0 aromatic heterocycles. The van der Waals surface area contributed by atoms with E-state index in [1.807, 2.05) is 30.3 Å². The van der Waals surface area contributed by atoms with Crippen LogP contribution in [0.5, 0.6) is 0 Å². The topological polar surface area (TPSA) is 72.9 Å². The molecule has 24 heavy (non-hydrogen) atoms. The first-order chi connectivity index (χ1) is 11.1. The van der Waals surface area contributed by atoms with Crippen molar-refractivity contribution in [1.82, 2.24) is 4.90 Å². The zero-order valence-corrected chi connectivity index (χ0v) is 14.5. The summed E-state index contributed by atoms with van der Waals surface area (Å²) < 4.78 is 10.6. The Bertz CT molecular complexity index is 635. The van der Waals surface area contributed by atoms with Crippen molar-refractivity contribution in [2.75, 3.05) is 6.54 Å². The Morgan fingerprint density at radius 2 is 1.83 bits per heavy atom. The van der Waals surface area contributed by atoms with Crippen molar-refractivity contribution in [3.63, 3.8) is 0 Å². The van der Waals surface area contributed by atoms with Crippen LogP contribution >= 0.6 is 0 Å². The summed E-state index contributed by atoms with van der Waals surface area (Å²) in [6.07, 6.45) is -0.757. The Labute approximate surface area is 141 Å². The van der Waals surface area contributed by atoms with Crippen molar-refractivity contribution >= 4 is 17.8 Å². The van der Waals surface area contributed by atoms with Crippen molar-refractivity contribution in [2.45, 2.75) is 51.9 Å². The second-order valence-corrected chi connectivity index (χ2v) is 7.12. The molecule has 1 aliphatic heterocycles. The molecule has 0 saturated carbocycles. The van der Waals surface area contributed by atoms with E-state index in [4.69, 9.17) is 9.47 Å². The fourth-order valence-electron chi connectivity index (χ4n) is 2.53. The number of likely N-dealkylation sites (tertiary alicyclic amines) is 1. The summed E-state index contributed by atoms with van der Waals surface area (Å²) in [6.45, 7) is 6.67. The molecular formula is C18H23NO5. The first-order valence-corrected chi connectivity index (χ1v) is 7.85. The van der Waals surface area contributed by atoms with Gasteiger partial charge in [-0.15, -0.1) is 0 Å². The maximum atomic E-state index is 12.5. The van der Waals surface area contributed by atoms with Crippen molar-refractivity contribution in [2.24, 2.45) is 0 Å². The van der Waals surface area contributed by atoms with Crippen LogP contribution in [0.3, 0.4) is 0 Å². The number of benzene rings is 1. The van der Waals surface area contributed by atoms with Crippen molar-refractivity contribution < 1.29 is 23.9 Å². The zero-order valence-electron chi connectivity index (χ0n) is 14.5. The van der Waals surface area contributed by atoms with Crippen LogP contribution in [-0.4, -0.2) is 40.4 Å². The highest BCUT2D eigenvalue weighted by molar-refractivity contribution is 5.98. The van der Waals surface area contributed by atoms with Gasteiger partial charge in [0.15, 0.2) is 5.78 Å². The Morgan fingerprint density at radius 1 is 1.21 bits per heavy atom. The molecule has 1 atom stereocenters. The molecule has 0 aliphatic carbocycles. The predicted octanol–water partition coefficient (Wildman–Crippen LogP) is 2.70. The monoisotopic (exact) mass is 333 g/mol. The molecule has 1 aromatic rings. The number of nitrogens with zero attached hydrogens (tertiary/aromatic N) is 1. The van der Waals surface area contributed by atoms with E-state index in [9.17, 15) is 14.4 Å². The summed E-state index contributed by atoms with van der Waals surface area (Å²) in [5, 5.41) is 0. The van der Waals surface area contributed by atoms with E-state index in [1.54, 1.807) is 20.8 Å². The molecule has 0 bridgehead atoms. The molecule has 0 N–H and O–H groups in total. The van der Waals surface area contributed by atoms with Crippen molar-refractivity contribution in [3.05, 3.63) is 35.9 Å². The molecular weight excluding hydrogens is 310 g/mol. The van der Waals surface area contributed by atoms with Crippen LogP contribution in [0.15, 0.2) is 30.3 Å². The zero-order chi connectivity index (χ0) is 18.0. The lowest BCUT2D eigenvalue weighted by Gasteiger charge is -2.33. The minimum Gasteiger partial charge on any atom is -0.459 e. The molecule has 1 fully saturated rings. The molecule has 1 unspecified atom stereocenters.